The Labute approximate surface area is 83.2 Å². The molecular formula is C10H15N2Si. The van der Waals surface area contributed by atoms with E-state index in [4.69, 9.17) is 0 Å². The summed E-state index contributed by atoms with van der Waals surface area (Å²) in [4.78, 5) is 0. The monoisotopic (exact) mass is 191 g/mol. The molecule has 2 nitrogen and oxygen atoms in total. The lowest BCUT2D eigenvalue weighted by Crippen LogP contribution is -2.29. The van der Waals surface area contributed by atoms with Crippen LogP contribution in [0.1, 0.15) is 12.5 Å². The zero-order valence-corrected chi connectivity index (χ0v) is 8.93. The average molecular weight is 191 g/mol. The minimum absolute atomic E-state index is 0.858. The molecule has 3 heteroatoms. The third-order valence-electron chi connectivity index (χ3n) is 1.83. The first kappa shape index (κ1) is 10.4. The Bertz CT molecular complexity index is 250. The molecule has 0 amide bonds. The van der Waals surface area contributed by atoms with Gasteiger partial charge in [0.1, 0.15) is 0 Å². The summed E-state index contributed by atoms with van der Waals surface area (Å²) < 4.78 is 0. The lowest BCUT2D eigenvalue weighted by molar-refractivity contribution is 0.599. The fourth-order valence-corrected chi connectivity index (χ4v) is 1.35. The predicted octanol–water partition coefficient (Wildman–Crippen LogP) is 0.137. The molecule has 13 heavy (non-hydrogen) atoms. The summed E-state index contributed by atoms with van der Waals surface area (Å²) in [5, 5.41) is 7.67. The first-order valence-corrected chi connectivity index (χ1v) is 5.05. The minimum atomic E-state index is 0.858. The van der Waals surface area contributed by atoms with Gasteiger partial charge in [-0.2, -0.15) is 0 Å². The summed E-state index contributed by atoms with van der Waals surface area (Å²) in [6, 6.07) is 8.24. The summed E-state index contributed by atoms with van der Waals surface area (Å²) in [5.74, 6) is 0. The first-order valence-electron chi connectivity index (χ1n) is 4.55. The van der Waals surface area contributed by atoms with E-state index in [0.29, 0.717) is 0 Å². The fraction of sp³-hybridized carbons (Fsp3) is 0.400. The summed E-state index contributed by atoms with van der Waals surface area (Å²) in [7, 11) is 3.56. The maximum atomic E-state index is 3.56. The Balaban J connectivity index is 2.32. The van der Waals surface area contributed by atoms with E-state index in [0.717, 1.165) is 24.9 Å². The van der Waals surface area contributed by atoms with Crippen molar-refractivity contribution >= 4 is 15.4 Å². The van der Waals surface area contributed by atoms with Crippen LogP contribution in [0.2, 0.25) is 0 Å². The SMILES string of the molecule is CCNCNCc1ccccc1[Si]. The van der Waals surface area contributed by atoms with Crippen molar-refractivity contribution in [1.29, 1.82) is 0 Å². The minimum Gasteiger partial charge on any atom is -0.305 e. The van der Waals surface area contributed by atoms with Crippen LogP contribution in [0.25, 0.3) is 0 Å². The van der Waals surface area contributed by atoms with Crippen molar-refractivity contribution in [2.75, 3.05) is 13.2 Å². The second kappa shape index (κ2) is 5.91. The molecule has 0 aromatic heterocycles. The van der Waals surface area contributed by atoms with Crippen LogP contribution < -0.4 is 15.8 Å². The van der Waals surface area contributed by atoms with Crippen molar-refractivity contribution in [3.8, 4) is 0 Å². The van der Waals surface area contributed by atoms with Crippen LogP contribution in [0.4, 0.5) is 0 Å². The molecule has 2 N–H and O–H groups in total. The van der Waals surface area contributed by atoms with Crippen LogP contribution in [0.15, 0.2) is 24.3 Å². The van der Waals surface area contributed by atoms with Crippen molar-refractivity contribution in [1.82, 2.24) is 10.6 Å². The highest BCUT2D eigenvalue weighted by atomic mass is 28.1. The van der Waals surface area contributed by atoms with E-state index < -0.39 is 0 Å². The zero-order valence-electron chi connectivity index (χ0n) is 7.93. The molecule has 69 valence electrons. The maximum absolute atomic E-state index is 3.56. The first-order chi connectivity index (χ1) is 6.34. The molecule has 0 unspecified atom stereocenters. The molecule has 3 radical (unpaired) electrons. The number of rotatable bonds is 5. The smallest absolute Gasteiger partial charge is 0.0716 e. The molecule has 0 fully saturated rings. The van der Waals surface area contributed by atoms with Gasteiger partial charge in [-0.3, -0.25) is 0 Å². The average Bonchev–Trinajstić information content (AvgIpc) is 2.15. The number of benzene rings is 1. The predicted molar refractivity (Wildman–Crippen MR) is 57.2 cm³/mol. The van der Waals surface area contributed by atoms with Crippen molar-refractivity contribution in [2.45, 2.75) is 13.5 Å². The largest absolute Gasteiger partial charge is 0.305 e. The van der Waals surface area contributed by atoms with Crippen LogP contribution in [0.3, 0.4) is 0 Å². The van der Waals surface area contributed by atoms with Gasteiger partial charge in [0.2, 0.25) is 0 Å². The van der Waals surface area contributed by atoms with E-state index in [1.807, 2.05) is 12.1 Å². The molecule has 0 spiro atoms. The highest BCUT2D eigenvalue weighted by molar-refractivity contribution is 6.33. The van der Waals surface area contributed by atoms with Gasteiger partial charge in [0, 0.05) is 13.2 Å². The normalized spacial score (nSPS) is 10.3. The molecule has 0 bridgehead atoms. The Kier molecular flexibility index (Phi) is 4.75. The number of hydrogen-bond donors (Lipinski definition) is 2. The molecule has 0 heterocycles. The van der Waals surface area contributed by atoms with Gasteiger partial charge in [0.25, 0.3) is 0 Å². The topological polar surface area (TPSA) is 24.1 Å². The maximum Gasteiger partial charge on any atom is 0.0716 e. The molecular weight excluding hydrogens is 176 g/mol. The van der Waals surface area contributed by atoms with Gasteiger partial charge in [-0.15, -0.1) is 0 Å². The lowest BCUT2D eigenvalue weighted by Gasteiger charge is -2.07. The van der Waals surface area contributed by atoms with E-state index in [9.17, 15) is 0 Å². The molecule has 1 aromatic rings. The second-order valence-corrected chi connectivity index (χ2v) is 3.40. The Morgan fingerprint density at radius 3 is 2.69 bits per heavy atom. The lowest BCUT2D eigenvalue weighted by atomic mass is 10.2. The van der Waals surface area contributed by atoms with E-state index in [1.54, 1.807) is 0 Å². The van der Waals surface area contributed by atoms with Crippen molar-refractivity contribution in [3.05, 3.63) is 29.8 Å². The van der Waals surface area contributed by atoms with Gasteiger partial charge in [0.15, 0.2) is 0 Å². The van der Waals surface area contributed by atoms with Gasteiger partial charge < -0.3 is 10.6 Å². The van der Waals surface area contributed by atoms with Crippen LogP contribution in [-0.4, -0.2) is 23.5 Å². The molecule has 0 aliphatic rings. The highest BCUT2D eigenvalue weighted by Crippen LogP contribution is 1.92. The Morgan fingerprint density at radius 2 is 2.00 bits per heavy atom. The number of hydrogen-bond acceptors (Lipinski definition) is 2. The molecule has 0 saturated carbocycles. The summed E-state index contributed by atoms with van der Waals surface area (Å²) >= 11 is 0. The Morgan fingerprint density at radius 1 is 1.23 bits per heavy atom. The second-order valence-electron chi connectivity index (χ2n) is 2.86. The quantitative estimate of drug-likeness (QED) is 0.393. The van der Waals surface area contributed by atoms with Crippen molar-refractivity contribution in [2.24, 2.45) is 0 Å². The van der Waals surface area contributed by atoms with Gasteiger partial charge >= 0.3 is 0 Å². The van der Waals surface area contributed by atoms with Crippen LogP contribution in [-0.2, 0) is 6.54 Å². The molecule has 0 atom stereocenters. The van der Waals surface area contributed by atoms with E-state index in [-0.39, 0.29) is 0 Å². The molecule has 1 rings (SSSR count). The van der Waals surface area contributed by atoms with E-state index in [2.05, 4.69) is 39.9 Å². The van der Waals surface area contributed by atoms with Crippen molar-refractivity contribution < 1.29 is 0 Å². The fourth-order valence-electron chi connectivity index (χ4n) is 1.09. The number of nitrogens with one attached hydrogen (secondary N) is 2. The molecule has 0 aliphatic heterocycles. The van der Waals surface area contributed by atoms with E-state index >= 15 is 0 Å². The van der Waals surface area contributed by atoms with Crippen molar-refractivity contribution in [3.63, 3.8) is 0 Å². The van der Waals surface area contributed by atoms with Gasteiger partial charge in [-0.25, -0.2) is 0 Å². The van der Waals surface area contributed by atoms with Gasteiger partial charge in [-0.05, 0) is 12.1 Å². The van der Waals surface area contributed by atoms with Gasteiger partial charge in [-0.1, -0.05) is 36.4 Å². The van der Waals surface area contributed by atoms with Crippen LogP contribution >= 0.6 is 0 Å². The summed E-state index contributed by atoms with van der Waals surface area (Å²) in [5.41, 5.74) is 1.29. The zero-order chi connectivity index (χ0) is 9.52. The molecule has 0 aliphatic carbocycles. The van der Waals surface area contributed by atoms with Crippen LogP contribution in [0.5, 0.6) is 0 Å². The highest BCUT2D eigenvalue weighted by Gasteiger charge is 1.94. The standard InChI is InChI=1S/C10H15N2Si/c1-2-11-8-12-7-9-5-3-4-6-10(9)13/h3-6,11-12H,2,7-8H2,1H3. The molecule has 0 saturated heterocycles. The molecule has 1 aromatic carbocycles. The Hall–Kier alpha value is -0.643. The third kappa shape index (κ3) is 3.72. The summed E-state index contributed by atoms with van der Waals surface area (Å²) in [6.07, 6.45) is 0. The third-order valence-corrected chi connectivity index (χ3v) is 2.32. The van der Waals surface area contributed by atoms with Crippen LogP contribution in [0, 0.1) is 0 Å². The van der Waals surface area contributed by atoms with Gasteiger partial charge in [0.05, 0.1) is 10.2 Å². The summed E-state index contributed by atoms with van der Waals surface area (Å²) in [6.45, 7) is 4.85. The van der Waals surface area contributed by atoms with E-state index in [1.165, 1.54) is 5.56 Å².